The minimum atomic E-state index is -0.879. The number of carboxylic acid groups (broad SMARTS) is 2. The minimum Gasteiger partial charge on any atom is -0.508 e. The summed E-state index contributed by atoms with van der Waals surface area (Å²) in [6.07, 6.45) is 0. The summed E-state index contributed by atoms with van der Waals surface area (Å²) in [5.41, 5.74) is 0.662. The summed E-state index contributed by atoms with van der Waals surface area (Å²) in [5, 5.41) is 34.0. The van der Waals surface area contributed by atoms with Gasteiger partial charge in [0.15, 0.2) is 0 Å². The normalized spacial score (nSPS) is 8.75. The first-order valence-corrected chi connectivity index (χ1v) is 9.45. The van der Waals surface area contributed by atoms with Gasteiger partial charge in [0.05, 0.1) is 11.1 Å². The molecule has 6 heteroatoms. The second-order valence-electron chi connectivity index (χ2n) is 6.01. The van der Waals surface area contributed by atoms with E-state index < -0.39 is 11.9 Å². The van der Waals surface area contributed by atoms with Gasteiger partial charge in [-0.05, 0) is 48.5 Å². The van der Waals surface area contributed by atoms with Crippen molar-refractivity contribution in [3.63, 3.8) is 0 Å². The fraction of sp³-hybridized carbons (Fsp3) is 0. The average Bonchev–Trinajstić information content (AvgIpc) is 2.82. The predicted octanol–water partition coefficient (Wildman–Crippen LogP) is 5.55. The molecule has 4 aromatic carbocycles. The van der Waals surface area contributed by atoms with E-state index in [1.54, 1.807) is 109 Å². The zero-order chi connectivity index (χ0) is 23.6. The maximum Gasteiger partial charge on any atom is 0.335 e. The molecule has 0 saturated carbocycles. The molecule has 4 rings (SSSR count). The molecule has 6 nitrogen and oxygen atoms in total. The molecule has 0 fully saturated rings. The van der Waals surface area contributed by atoms with E-state index in [1.807, 2.05) is 12.1 Å². The molecule has 164 valence electrons. The second-order valence-corrected chi connectivity index (χ2v) is 6.01. The molecule has 4 N–H and O–H groups in total. The van der Waals surface area contributed by atoms with Crippen LogP contribution < -0.4 is 0 Å². The zero-order valence-electron chi connectivity index (χ0n) is 17.2. The van der Waals surface area contributed by atoms with Gasteiger partial charge in [0.25, 0.3) is 0 Å². The Hall–Kier alpha value is -4.58. The average molecular weight is 432 g/mol. The van der Waals surface area contributed by atoms with Crippen molar-refractivity contribution in [1.82, 2.24) is 0 Å². The van der Waals surface area contributed by atoms with E-state index in [0.717, 1.165) is 0 Å². The van der Waals surface area contributed by atoms with E-state index in [9.17, 15) is 9.59 Å². The van der Waals surface area contributed by atoms with Gasteiger partial charge in [-0.15, -0.1) is 0 Å². The van der Waals surface area contributed by atoms with Crippen LogP contribution in [-0.2, 0) is 0 Å². The molecule has 4 aromatic rings. The van der Waals surface area contributed by atoms with Crippen LogP contribution in [0.5, 0.6) is 11.5 Å². The van der Waals surface area contributed by atoms with E-state index in [-0.39, 0.29) is 0 Å². The summed E-state index contributed by atoms with van der Waals surface area (Å²) in [6.45, 7) is 0. The molecule has 0 saturated heterocycles. The highest BCUT2D eigenvalue weighted by Gasteiger charge is 1.97. The van der Waals surface area contributed by atoms with E-state index in [2.05, 4.69) is 0 Å². The van der Waals surface area contributed by atoms with Crippen LogP contribution in [-0.4, -0.2) is 32.4 Å². The van der Waals surface area contributed by atoms with Gasteiger partial charge < -0.3 is 20.4 Å². The summed E-state index contributed by atoms with van der Waals surface area (Å²) < 4.78 is 0. The molecule has 0 bridgehead atoms. The molecule has 32 heavy (non-hydrogen) atoms. The van der Waals surface area contributed by atoms with Gasteiger partial charge in [0.2, 0.25) is 0 Å². The molecule has 0 aliphatic carbocycles. The van der Waals surface area contributed by atoms with Gasteiger partial charge in [0, 0.05) is 0 Å². The van der Waals surface area contributed by atoms with Crippen molar-refractivity contribution >= 4 is 11.9 Å². The van der Waals surface area contributed by atoms with E-state index >= 15 is 0 Å². The molecule has 0 radical (unpaired) electrons. The number of rotatable bonds is 2. The summed E-state index contributed by atoms with van der Waals surface area (Å²) >= 11 is 0. The van der Waals surface area contributed by atoms with E-state index in [1.165, 1.54) is 0 Å². The molecule has 0 amide bonds. The minimum absolute atomic E-state index is 0.322. The molecule has 0 aromatic heterocycles. The Morgan fingerprint density at radius 3 is 0.750 bits per heavy atom. The first-order valence-electron chi connectivity index (χ1n) is 9.45. The third-order valence-electron chi connectivity index (χ3n) is 3.55. The van der Waals surface area contributed by atoms with Crippen molar-refractivity contribution in [2.45, 2.75) is 0 Å². The molecule has 0 atom stereocenters. The third kappa shape index (κ3) is 12.1. The van der Waals surface area contributed by atoms with Crippen LogP contribution in [0, 0.1) is 0 Å². The Morgan fingerprint density at radius 1 is 0.406 bits per heavy atom. The maximum atomic E-state index is 10.2. The summed E-state index contributed by atoms with van der Waals surface area (Å²) in [5.74, 6) is -1.11. The smallest absolute Gasteiger partial charge is 0.335 e. The number of hydrogen-bond donors (Lipinski definition) is 4. The highest BCUT2D eigenvalue weighted by Crippen LogP contribution is 2.03. The first-order chi connectivity index (χ1) is 15.4. The fourth-order valence-corrected chi connectivity index (χ4v) is 2.02. The van der Waals surface area contributed by atoms with Crippen LogP contribution in [0.4, 0.5) is 0 Å². The van der Waals surface area contributed by atoms with Crippen LogP contribution in [0.3, 0.4) is 0 Å². The van der Waals surface area contributed by atoms with Gasteiger partial charge >= 0.3 is 11.9 Å². The molecular weight excluding hydrogens is 408 g/mol. The monoisotopic (exact) mass is 432 g/mol. The second kappa shape index (κ2) is 15.3. The Balaban J connectivity index is 0.000000215. The molecule has 0 unspecified atom stereocenters. The lowest BCUT2D eigenvalue weighted by Gasteiger charge is -1.88. The van der Waals surface area contributed by atoms with Gasteiger partial charge in [-0.3, -0.25) is 0 Å². The fourth-order valence-electron chi connectivity index (χ4n) is 2.02. The number of hydrogen-bond acceptors (Lipinski definition) is 4. The Bertz CT molecular complexity index is 934. The van der Waals surface area contributed by atoms with Crippen LogP contribution in [0.1, 0.15) is 20.7 Å². The van der Waals surface area contributed by atoms with Crippen LogP contribution in [0.15, 0.2) is 121 Å². The number of carbonyl (C=O) groups is 2. The van der Waals surface area contributed by atoms with Crippen molar-refractivity contribution in [3.05, 3.63) is 132 Å². The number of aromatic carboxylic acids is 2. The molecule has 0 spiro atoms. The van der Waals surface area contributed by atoms with Gasteiger partial charge in [-0.25, -0.2) is 9.59 Å². The summed E-state index contributed by atoms with van der Waals surface area (Å²) in [6, 6.07) is 34.0. The molecule has 0 aliphatic heterocycles. The van der Waals surface area contributed by atoms with Crippen molar-refractivity contribution in [2.24, 2.45) is 0 Å². The van der Waals surface area contributed by atoms with Gasteiger partial charge in [-0.1, -0.05) is 72.8 Å². The lowest BCUT2D eigenvalue weighted by molar-refractivity contribution is 0.0686. The van der Waals surface area contributed by atoms with E-state index in [4.69, 9.17) is 20.4 Å². The predicted molar refractivity (Wildman–Crippen MR) is 123 cm³/mol. The SMILES string of the molecule is O=C(O)c1ccccc1.O=C(O)c1ccccc1.Oc1ccccc1.Oc1ccccc1. The van der Waals surface area contributed by atoms with Crippen molar-refractivity contribution in [2.75, 3.05) is 0 Å². The molecular formula is C26H24O6. The largest absolute Gasteiger partial charge is 0.508 e. The quantitative estimate of drug-likeness (QED) is 0.330. The maximum absolute atomic E-state index is 10.2. The Kier molecular flexibility index (Phi) is 12.2. The van der Waals surface area contributed by atoms with Crippen molar-refractivity contribution in [1.29, 1.82) is 0 Å². The zero-order valence-corrected chi connectivity index (χ0v) is 17.2. The Labute approximate surface area is 186 Å². The molecule has 0 aliphatic rings. The van der Waals surface area contributed by atoms with Crippen molar-refractivity contribution in [3.8, 4) is 11.5 Å². The Morgan fingerprint density at radius 2 is 0.625 bits per heavy atom. The van der Waals surface area contributed by atoms with Gasteiger partial charge in [0.1, 0.15) is 11.5 Å². The number of phenols is 2. The number of benzene rings is 4. The van der Waals surface area contributed by atoms with Crippen LogP contribution >= 0.6 is 0 Å². The summed E-state index contributed by atoms with van der Waals surface area (Å²) in [7, 11) is 0. The standard InChI is InChI=1S/2C7H6O2.2C6H6O/c2*8-7(9)6-4-2-1-3-5-6;2*7-6-4-2-1-3-5-6/h2*1-5H,(H,8,9);2*1-5,7H. The van der Waals surface area contributed by atoms with Crippen LogP contribution in [0.25, 0.3) is 0 Å². The lowest BCUT2D eigenvalue weighted by Crippen LogP contribution is -1.93. The third-order valence-corrected chi connectivity index (χ3v) is 3.55. The molecule has 0 heterocycles. The first kappa shape index (κ1) is 25.5. The number of phenolic OH excluding ortho intramolecular Hbond substituents is 2. The number of aromatic hydroxyl groups is 2. The number of para-hydroxylation sites is 2. The van der Waals surface area contributed by atoms with E-state index in [0.29, 0.717) is 22.6 Å². The highest BCUT2D eigenvalue weighted by molar-refractivity contribution is 5.87. The summed E-state index contributed by atoms with van der Waals surface area (Å²) in [4.78, 5) is 20.4. The van der Waals surface area contributed by atoms with Crippen molar-refractivity contribution < 1.29 is 30.0 Å². The highest BCUT2D eigenvalue weighted by atomic mass is 16.4. The van der Waals surface area contributed by atoms with Crippen LogP contribution in [0.2, 0.25) is 0 Å². The lowest BCUT2D eigenvalue weighted by atomic mass is 10.2. The van der Waals surface area contributed by atoms with Gasteiger partial charge in [-0.2, -0.15) is 0 Å². The number of carboxylic acids is 2. The topological polar surface area (TPSA) is 115 Å².